The fraction of sp³-hybridized carbons (Fsp3) is 0.471. The van der Waals surface area contributed by atoms with Gasteiger partial charge in [-0.3, -0.25) is 0 Å². The SMILES string of the molecule is CCCCNc1nccn1C1CCc2ccccc2C1. The van der Waals surface area contributed by atoms with Crippen molar-refractivity contribution in [3.8, 4) is 0 Å². The van der Waals surface area contributed by atoms with Crippen molar-refractivity contribution in [3.63, 3.8) is 0 Å². The fourth-order valence-electron chi connectivity index (χ4n) is 3.04. The second kappa shape index (κ2) is 6.12. The fourth-order valence-corrected chi connectivity index (χ4v) is 3.04. The maximum atomic E-state index is 4.47. The van der Waals surface area contributed by atoms with E-state index < -0.39 is 0 Å². The Hall–Kier alpha value is -1.77. The van der Waals surface area contributed by atoms with Gasteiger partial charge in [-0.2, -0.15) is 0 Å². The zero-order chi connectivity index (χ0) is 13.8. The standard InChI is InChI=1S/C17H23N3/c1-2-3-10-18-17-19-11-12-20(17)16-9-8-14-6-4-5-7-15(14)13-16/h4-7,11-12,16H,2-3,8-10,13H2,1H3,(H,18,19). The van der Waals surface area contributed by atoms with Crippen molar-refractivity contribution in [2.75, 3.05) is 11.9 Å². The quantitative estimate of drug-likeness (QED) is 0.836. The first-order chi connectivity index (χ1) is 9.88. The number of unbranched alkanes of at least 4 members (excludes halogenated alkanes) is 1. The molecule has 1 heterocycles. The molecule has 1 aromatic carbocycles. The summed E-state index contributed by atoms with van der Waals surface area (Å²) in [6.45, 7) is 3.23. The molecule has 0 amide bonds. The molecule has 106 valence electrons. The van der Waals surface area contributed by atoms with E-state index in [2.05, 4.69) is 52.3 Å². The number of aryl methyl sites for hydroxylation is 1. The summed E-state index contributed by atoms with van der Waals surface area (Å²) in [5, 5.41) is 3.47. The van der Waals surface area contributed by atoms with Gasteiger partial charge in [-0.15, -0.1) is 0 Å². The van der Waals surface area contributed by atoms with E-state index in [4.69, 9.17) is 0 Å². The third kappa shape index (κ3) is 2.72. The van der Waals surface area contributed by atoms with Crippen LogP contribution in [0.5, 0.6) is 0 Å². The van der Waals surface area contributed by atoms with Gasteiger partial charge in [-0.05, 0) is 36.8 Å². The summed E-state index contributed by atoms with van der Waals surface area (Å²) in [5.74, 6) is 1.03. The predicted octanol–water partition coefficient (Wildman–Crippen LogP) is 3.83. The average molecular weight is 269 g/mol. The first kappa shape index (κ1) is 13.2. The van der Waals surface area contributed by atoms with Crippen LogP contribution in [-0.4, -0.2) is 16.1 Å². The third-order valence-electron chi connectivity index (χ3n) is 4.20. The molecule has 0 spiro atoms. The van der Waals surface area contributed by atoms with Gasteiger partial charge in [-0.25, -0.2) is 4.98 Å². The number of anilines is 1. The van der Waals surface area contributed by atoms with Crippen LogP contribution in [-0.2, 0) is 12.8 Å². The molecule has 1 unspecified atom stereocenters. The van der Waals surface area contributed by atoms with Crippen LogP contribution in [0.3, 0.4) is 0 Å². The largest absolute Gasteiger partial charge is 0.356 e. The van der Waals surface area contributed by atoms with Crippen LogP contribution < -0.4 is 5.32 Å². The summed E-state index contributed by atoms with van der Waals surface area (Å²) >= 11 is 0. The molecule has 0 fully saturated rings. The van der Waals surface area contributed by atoms with E-state index in [1.54, 1.807) is 0 Å². The first-order valence-corrected chi connectivity index (χ1v) is 7.72. The van der Waals surface area contributed by atoms with Crippen molar-refractivity contribution in [1.29, 1.82) is 0 Å². The molecule has 1 N–H and O–H groups in total. The molecule has 3 nitrogen and oxygen atoms in total. The Morgan fingerprint density at radius 3 is 3.00 bits per heavy atom. The Kier molecular flexibility index (Phi) is 4.05. The molecule has 2 aromatic rings. The number of imidazole rings is 1. The molecule has 0 saturated heterocycles. The second-order valence-electron chi connectivity index (χ2n) is 5.60. The molecule has 1 aliphatic rings. The Labute approximate surface area is 121 Å². The summed E-state index contributed by atoms with van der Waals surface area (Å²) in [6.07, 6.45) is 9.94. The van der Waals surface area contributed by atoms with Crippen molar-refractivity contribution in [2.45, 2.75) is 45.1 Å². The Morgan fingerprint density at radius 1 is 1.30 bits per heavy atom. The predicted molar refractivity (Wildman–Crippen MR) is 83.1 cm³/mol. The van der Waals surface area contributed by atoms with Crippen molar-refractivity contribution < 1.29 is 0 Å². The van der Waals surface area contributed by atoms with Crippen molar-refractivity contribution in [2.24, 2.45) is 0 Å². The number of hydrogen-bond acceptors (Lipinski definition) is 2. The monoisotopic (exact) mass is 269 g/mol. The highest BCUT2D eigenvalue weighted by Crippen LogP contribution is 2.30. The molecule has 0 aliphatic heterocycles. The number of aromatic nitrogens is 2. The van der Waals surface area contributed by atoms with E-state index in [0.29, 0.717) is 6.04 Å². The lowest BCUT2D eigenvalue weighted by atomic mass is 9.88. The maximum absolute atomic E-state index is 4.47. The number of benzene rings is 1. The number of nitrogens with zero attached hydrogens (tertiary/aromatic N) is 2. The summed E-state index contributed by atoms with van der Waals surface area (Å²) in [5.41, 5.74) is 3.02. The molecule has 0 radical (unpaired) electrons. The van der Waals surface area contributed by atoms with Gasteiger partial charge >= 0.3 is 0 Å². The van der Waals surface area contributed by atoms with E-state index in [1.807, 2.05) is 6.20 Å². The number of nitrogens with one attached hydrogen (secondary N) is 1. The molecule has 20 heavy (non-hydrogen) atoms. The van der Waals surface area contributed by atoms with Gasteiger partial charge in [0.05, 0.1) is 0 Å². The van der Waals surface area contributed by atoms with Crippen LogP contribution in [0.25, 0.3) is 0 Å². The van der Waals surface area contributed by atoms with Crippen LogP contribution in [0.15, 0.2) is 36.7 Å². The molecule has 0 bridgehead atoms. The lowest BCUT2D eigenvalue weighted by Gasteiger charge is -2.27. The number of hydrogen-bond donors (Lipinski definition) is 1. The van der Waals surface area contributed by atoms with Gasteiger partial charge < -0.3 is 9.88 Å². The van der Waals surface area contributed by atoms with Crippen LogP contribution >= 0.6 is 0 Å². The minimum Gasteiger partial charge on any atom is -0.356 e. The maximum Gasteiger partial charge on any atom is 0.203 e. The lowest BCUT2D eigenvalue weighted by Crippen LogP contribution is -2.20. The highest BCUT2D eigenvalue weighted by Gasteiger charge is 2.21. The van der Waals surface area contributed by atoms with E-state index in [-0.39, 0.29) is 0 Å². The minimum absolute atomic E-state index is 0.538. The third-order valence-corrected chi connectivity index (χ3v) is 4.20. The summed E-state index contributed by atoms with van der Waals surface area (Å²) < 4.78 is 2.33. The minimum atomic E-state index is 0.538. The number of fused-ring (bicyclic) bond motifs is 1. The number of rotatable bonds is 5. The van der Waals surface area contributed by atoms with Gasteiger partial charge in [0, 0.05) is 25.0 Å². The Bertz CT molecular complexity index is 559. The summed E-state index contributed by atoms with van der Waals surface area (Å²) in [4.78, 5) is 4.47. The normalized spacial score (nSPS) is 17.8. The molecule has 0 saturated carbocycles. The van der Waals surface area contributed by atoms with Crippen LogP contribution in [0.2, 0.25) is 0 Å². The first-order valence-electron chi connectivity index (χ1n) is 7.72. The van der Waals surface area contributed by atoms with Crippen molar-refractivity contribution >= 4 is 5.95 Å². The van der Waals surface area contributed by atoms with Crippen LogP contribution in [0.4, 0.5) is 5.95 Å². The van der Waals surface area contributed by atoms with Gasteiger partial charge in [-0.1, -0.05) is 37.6 Å². The lowest BCUT2D eigenvalue weighted by molar-refractivity contribution is 0.446. The smallest absolute Gasteiger partial charge is 0.203 e. The van der Waals surface area contributed by atoms with Gasteiger partial charge in [0.15, 0.2) is 0 Å². The van der Waals surface area contributed by atoms with E-state index in [0.717, 1.165) is 18.9 Å². The van der Waals surface area contributed by atoms with Gasteiger partial charge in [0.1, 0.15) is 0 Å². The molecule has 1 atom stereocenters. The zero-order valence-corrected chi connectivity index (χ0v) is 12.2. The Morgan fingerprint density at radius 2 is 2.15 bits per heavy atom. The van der Waals surface area contributed by atoms with Crippen molar-refractivity contribution in [3.05, 3.63) is 47.8 Å². The summed E-state index contributed by atoms with van der Waals surface area (Å²) in [6, 6.07) is 9.36. The van der Waals surface area contributed by atoms with Gasteiger partial charge in [0.2, 0.25) is 5.95 Å². The van der Waals surface area contributed by atoms with E-state index in [1.165, 1.54) is 36.8 Å². The van der Waals surface area contributed by atoms with E-state index in [9.17, 15) is 0 Å². The second-order valence-corrected chi connectivity index (χ2v) is 5.60. The molecular weight excluding hydrogens is 246 g/mol. The van der Waals surface area contributed by atoms with Crippen molar-refractivity contribution in [1.82, 2.24) is 9.55 Å². The summed E-state index contributed by atoms with van der Waals surface area (Å²) in [7, 11) is 0. The van der Waals surface area contributed by atoms with E-state index >= 15 is 0 Å². The molecule has 1 aliphatic carbocycles. The Balaban J connectivity index is 1.73. The zero-order valence-electron chi connectivity index (χ0n) is 12.2. The molecule has 3 heteroatoms. The average Bonchev–Trinajstić information content (AvgIpc) is 2.95. The van der Waals surface area contributed by atoms with Crippen LogP contribution in [0.1, 0.15) is 43.4 Å². The molecule has 1 aromatic heterocycles. The topological polar surface area (TPSA) is 29.9 Å². The highest BCUT2D eigenvalue weighted by atomic mass is 15.2. The van der Waals surface area contributed by atoms with Gasteiger partial charge in [0.25, 0.3) is 0 Å². The van der Waals surface area contributed by atoms with Crippen LogP contribution in [0, 0.1) is 0 Å². The molecular formula is C17H23N3. The molecule has 3 rings (SSSR count). The highest BCUT2D eigenvalue weighted by molar-refractivity contribution is 5.32.